The van der Waals surface area contributed by atoms with E-state index in [1.807, 2.05) is 0 Å². The Hall–Kier alpha value is -7.68. The molecule has 3 heterocycles. The lowest BCUT2D eigenvalue weighted by molar-refractivity contribution is -0.160. The van der Waals surface area contributed by atoms with E-state index < -0.39 is 162 Å². The maximum absolute atomic E-state index is 15.4. The largest absolute Gasteiger partial charge is 0.487 e. The zero-order valence-corrected chi connectivity index (χ0v) is 52.6. The molecular weight excluding hydrogens is 1140 g/mol. The van der Waals surface area contributed by atoms with E-state index in [-0.39, 0.29) is 30.7 Å². The van der Waals surface area contributed by atoms with Crippen LogP contribution >= 0.6 is 0 Å². The minimum atomic E-state index is -1.99. The van der Waals surface area contributed by atoms with Crippen molar-refractivity contribution in [2.24, 2.45) is 17.8 Å². The first-order valence-corrected chi connectivity index (χ1v) is 30.0. The summed E-state index contributed by atoms with van der Waals surface area (Å²) in [4.78, 5) is 142. The molecule has 26 nitrogen and oxygen atoms in total. The smallest absolute Gasteiger partial charge is 0.407 e. The van der Waals surface area contributed by atoms with Crippen molar-refractivity contribution >= 4 is 59.4 Å². The highest BCUT2D eigenvalue weighted by Gasteiger charge is 2.42. The number of hydrogen-bond donors (Lipinski definition) is 11. The average Bonchev–Trinajstić information content (AvgIpc) is 3.65. The minimum absolute atomic E-state index is 0.135. The number of nitrogens with one attached hydrogen (secondary N) is 8. The Balaban J connectivity index is 1.89. The molecule has 0 radical (unpaired) electrons. The second-order valence-electron chi connectivity index (χ2n) is 24.0. The molecule has 2 aromatic carbocycles. The summed E-state index contributed by atoms with van der Waals surface area (Å²) in [5, 5.41) is 55.4. The number of likely N-dealkylation sites (N-methyl/N-ethyl adjacent to an activating group) is 1. The Morgan fingerprint density at radius 3 is 2.03 bits per heavy atom. The van der Waals surface area contributed by atoms with Gasteiger partial charge >= 0.3 is 18.0 Å². The van der Waals surface area contributed by atoms with Crippen LogP contribution < -0.4 is 47.3 Å². The molecule has 488 valence electrons. The Morgan fingerprint density at radius 2 is 1.42 bits per heavy atom. The lowest BCUT2D eigenvalue weighted by Crippen LogP contribution is -2.61. The number of aliphatic hydroxyl groups is 3. The Kier molecular flexibility index (Phi) is 28.3. The SMILES string of the molecule is CC[C@H](C)[C@H]1NC(=O)[C@@H](NC(=O)[C@H](C)[C@H](O)C(C)C)[C@@H](C)OC(=O)[C@@H]2COC(=O)CNC(=O)/C=C/[C@](O)(CNCCCCCCNC(=O)OC(C)(C)C)[C@@H](C)Oc3ccc(cc3)[C@H](NC1=O)C(=O)N(C)[C@@H](Cc1ccccc1)C(=O)N[C@H]([C@@H](C)O)C(=O)N2. The van der Waals surface area contributed by atoms with Crippen LogP contribution in [0.5, 0.6) is 5.75 Å². The van der Waals surface area contributed by atoms with E-state index in [0.717, 1.165) is 23.8 Å². The number of hydrogen-bond acceptors (Lipinski definition) is 18. The second-order valence-corrected chi connectivity index (χ2v) is 24.0. The van der Waals surface area contributed by atoms with Crippen molar-refractivity contribution in [3.8, 4) is 5.75 Å². The first-order chi connectivity index (χ1) is 41.4. The van der Waals surface area contributed by atoms with Crippen LogP contribution in [0.15, 0.2) is 66.7 Å². The average molecular weight is 1240 g/mol. The van der Waals surface area contributed by atoms with Gasteiger partial charge in [-0.15, -0.1) is 0 Å². The van der Waals surface area contributed by atoms with Gasteiger partial charge < -0.3 is 81.7 Å². The lowest BCUT2D eigenvalue weighted by Gasteiger charge is -2.34. The van der Waals surface area contributed by atoms with E-state index in [1.165, 1.54) is 58.2 Å². The normalized spacial score (nSPS) is 25.9. The zero-order valence-electron chi connectivity index (χ0n) is 52.6. The van der Waals surface area contributed by atoms with Gasteiger partial charge in [0.1, 0.15) is 72.5 Å². The number of fused-ring (bicyclic) bond motifs is 11. The third-order valence-corrected chi connectivity index (χ3v) is 15.3. The summed E-state index contributed by atoms with van der Waals surface area (Å²) in [6, 6.07) is 4.05. The van der Waals surface area contributed by atoms with Crippen molar-refractivity contribution in [1.29, 1.82) is 0 Å². The van der Waals surface area contributed by atoms with E-state index in [4.69, 9.17) is 18.9 Å². The third-order valence-electron chi connectivity index (χ3n) is 15.3. The van der Waals surface area contributed by atoms with Gasteiger partial charge in [-0.2, -0.15) is 0 Å². The summed E-state index contributed by atoms with van der Waals surface area (Å²) < 4.78 is 22.8. The summed E-state index contributed by atoms with van der Waals surface area (Å²) in [5.41, 5.74) is -1.86. The third kappa shape index (κ3) is 22.5. The molecule has 8 amide bonds. The molecular formula is C62H93N9O17. The van der Waals surface area contributed by atoms with E-state index >= 15 is 9.59 Å². The summed E-state index contributed by atoms with van der Waals surface area (Å²) in [6.07, 6.45) is -1.04. The fraction of sp³-hybridized carbons (Fsp3) is 0.613. The number of esters is 2. The van der Waals surface area contributed by atoms with Gasteiger partial charge in [0.15, 0.2) is 6.04 Å². The van der Waals surface area contributed by atoms with Crippen LogP contribution in [0, 0.1) is 17.8 Å². The molecule has 1 fully saturated rings. The first-order valence-electron chi connectivity index (χ1n) is 30.0. The summed E-state index contributed by atoms with van der Waals surface area (Å²) in [6.45, 7) is 16.3. The van der Waals surface area contributed by atoms with Crippen LogP contribution in [0.25, 0.3) is 0 Å². The van der Waals surface area contributed by atoms with E-state index in [9.17, 15) is 53.7 Å². The number of carbonyl (C=O) groups excluding carboxylic acids is 10. The molecule has 1 saturated heterocycles. The number of nitrogens with zero attached hydrogens (tertiary/aromatic N) is 1. The monoisotopic (exact) mass is 1240 g/mol. The van der Waals surface area contributed by atoms with Crippen molar-refractivity contribution < 1.29 is 82.2 Å². The first kappa shape index (κ1) is 72.8. The highest BCUT2D eigenvalue weighted by atomic mass is 16.6. The van der Waals surface area contributed by atoms with E-state index in [1.54, 1.807) is 85.7 Å². The van der Waals surface area contributed by atoms with Crippen LogP contribution in [0.2, 0.25) is 0 Å². The number of alkyl carbamates (subject to hydrolysis) is 1. The number of aliphatic hydroxyl groups excluding tert-OH is 2. The van der Waals surface area contributed by atoms with E-state index in [0.29, 0.717) is 31.5 Å². The van der Waals surface area contributed by atoms with Crippen molar-refractivity contribution in [3.63, 3.8) is 0 Å². The molecule has 0 aromatic heterocycles. The molecule has 0 spiro atoms. The van der Waals surface area contributed by atoms with Crippen molar-refractivity contribution in [1.82, 2.24) is 47.4 Å². The van der Waals surface area contributed by atoms with Gasteiger partial charge in [0.25, 0.3) is 0 Å². The summed E-state index contributed by atoms with van der Waals surface area (Å²) >= 11 is 0. The molecule has 2 aromatic rings. The van der Waals surface area contributed by atoms with Gasteiger partial charge in [-0.1, -0.05) is 96.3 Å². The van der Waals surface area contributed by atoms with Crippen LogP contribution in [-0.4, -0.2) is 185 Å². The number of benzene rings is 2. The zero-order chi connectivity index (χ0) is 65.6. The maximum Gasteiger partial charge on any atom is 0.407 e. The Bertz CT molecular complexity index is 2720. The van der Waals surface area contributed by atoms with Crippen molar-refractivity contribution in [2.75, 3.05) is 39.8 Å². The molecule has 11 N–H and O–H groups in total. The molecule has 13 atom stereocenters. The van der Waals surface area contributed by atoms with Crippen molar-refractivity contribution in [3.05, 3.63) is 77.9 Å². The molecule has 5 rings (SSSR count). The number of ether oxygens (including phenoxy) is 4. The van der Waals surface area contributed by atoms with Gasteiger partial charge in [-0.3, -0.25) is 38.4 Å². The van der Waals surface area contributed by atoms with E-state index in [2.05, 4.69) is 42.5 Å². The highest BCUT2D eigenvalue weighted by molar-refractivity contribution is 5.98. The fourth-order valence-corrected chi connectivity index (χ4v) is 9.47. The Labute approximate surface area is 515 Å². The fourth-order valence-electron chi connectivity index (χ4n) is 9.47. The molecule has 3 aliphatic rings. The predicted octanol–water partition coefficient (Wildman–Crippen LogP) is 1.28. The van der Waals surface area contributed by atoms with Gasteiger partial charge in [0, 0.05) is 32.6 Å². The molecule has 0 saturated carbocycles. The maximum atomic E-state index is 15.4. The summed E-state index contributed by atoms with van der Waals surface area (Å²) in [7, 11) is 1.30. The van der Waals surface area contributed by atoms with Crippen LogP contribution in [0.4, 0.5) is 4.79 Å². The molecule has 0 aliphatic carbocycles. The minimum Gasteiger partial charge on any atom is -0.487 e. The highest BCUT2D eigenvalue weighted by Crippen LogP contribution is 2.26. The van der Waals surface area contributed by atoms with Gasteiger partial charge in [0.05, 0.1) is 18.1 Å². The Morgan fingerprint density at radius 1 is 0.795 bits per heavy atom. The van der Waals surface area contributed by atoms with Crippen LogP contribution in [0.1, 0.15) is 125 Å². The molecule has 3 aliphatic heterocycles. The van der Waals surface area contributed by atoms with Crippen LogP contribution in [-0.2, 0) is 63.8 Å². The number of unbranched alkanes of at least 4 members (excludes halogenated alkanes) is 3. The quantitative estimate of drug-likeness (QED) is 0.0569. The molecule has 26 heteroatoms. The summed E-state index contributed by atoms with van der Waals surface area (Å²) in [5.74, 6) is -11.4. The van der Waals surface area contributed by atoms with Crippen molar-refractivity contribution in [2.45, 2.75) is 187 Å². The van der Waals surface area contributed by atoms with Crippen LogP contribution in [0.3, 0.4) is 0 Å². The number of cyclic esters (lactones) is 1. The lowest BCUT2D eigenvalue weighted by atomic mass is 9.93. The molecule has 0 unspecified atom stereocenters. The molecule has 4 bridgehead atoms. The standard InChI is InChI=1S/C62H93N9O17/c1-13-36(4)48-55(78)70-51-42-23-25-43(26-24-42)87-40(8)62(84,34-63-29-19-14-15-20-30-64-60(83)88-61(9,10)11)28-27-46(73)65-32-47(74)85-33-44(59(82)86-39(7)50(57(80)67-48)69-53(76)37(5)52(75)35(2)3)66-56(79)49(38(6)72)68-54(77)45(71(12)58(51)81)31-41-21-17-16-18-22-41/h16-18,21-28,35-40,44-45,48-52,63,72,75,84H,13-15,19-20,29-34H2,1-12H3,(H,64,83)(H,65,73)(H,66,79)(H,67,80)(H,68,77)(H,69,76)(H,70,78)/b28-27+/t36-,37+,38+,39+,40+,44-,45-,48+,49+,50-,51-,52+,62-/m0/s1. The number of carbonyl (C=O) groups is 10. The second kappa shape index (κ2) is 34.2. The topological polar surface area (TPSA) is 368 Å². The number of amides is 8. The predicted molar refractivity (Wildman–Crippen MR) is 322 cm³/mol. The number of rotatable bonds is 18. The van der Waals surface area contributed by atoms with Gasteiger partial charge in [0.2, 0.25) is 41.4 Å². The van der Waals surface area contributed by atoms with Gasteiger partial charge in [-0.25, -0.2) is 9.59 Å². The van der Waals surface area contributed by atoms with Gasteiger partial charge in [-0.05, 0) is 102 Å². The molecule has 88 heavy (non-hydrogen) atoms.